The summed E-state index contributed by atoms with van der Waals surface area (Å²) in [7, 11) is 3.19. The van der Waals surface area contributed by atoms with Crippen molar-refractivity contribution >= 4 is 17.1 Å². The van der Waals surface area contributed by atoms with Crippen molar-refractivity contribution in [2.45, 2.75) is 19.6 Å². The molecule has 0 unspecified atom stereocenters. The summed E-state index contributed by atoms with van der Waals surface area (Å²) in [5.41, 5.74) is 10.3. The van der Waals surface area contributed by atoms with Crippen LogP contribution in [0.15, 0.2) is 158 Å². The Balaban J connectivity index is 1.06. The third kappa shape index (κ3) is 9.53. The van der Waals surface area contributed by atoms with Crippen LogP contribution in [0.3, 0.4) is 0 Å². The van der Waals surface area contributed by atoms with Gasteiger partial charge in [0.15, 0.2) is 6.61 Å². The third-order valence-corrected chi connectivity index (χ3v) is 8.53. The summed E-state index contributed by atoms with van der Waals surface area (Å²) >= 11 is 0. The number of nitrogens with one attached hydrogen (secondary N) is 2. The molecule has 0 fully saturated rings. The molecule has 0 heterocycles. The average Bonchev–Trinajstić information content (AvgIpc) is 3.20. The van der Waals surface area contributed by atoms with Gasteiger partial charge in [-0.1, -0.05) is 127 Å². The standard InChI is InChI=1S/C45H42N2O4/c1-49-41-26-35(27-42(28-41)50-2)31-47-43(48)32-51-40-24-20-34(21-25-40)30-46-29-33-18-22-39(23-19-33)45(38-16-10-5-11-17-38)44(36-12-6-3-7-13-36)37-14-8-4-9-15-37/h3-28,46H,29-32H2,1-2H3,(H,47,48). The van der Waals surface area contributed by atoms with E-state index in [-0.39, 0.29) is 12.5 Å². The van der Waals surface area contributed by atoms with Crippen LogP contribution in [-0.2, 0) is 24.4 Å². The van der Waals surface area contributed by atoms with Gasteiger partial charge in [-0.15, -0.1) is 0 Å². The number of methoxy groups -OCH3 is 2. The summed E-state index contributed by atoms with van der Waals surface area (Å²) in [6, 6.07) is 54.0. The lowest BCUT2D eigenvalue weighted by molar-refractivity contribution is -0.123. The van der Waals surface area contributed by atoms with Crippen molar-refractivity contribution in [2.24, 2.45) is 0 Å². The van der Waals surface area contributed by atoms with E-state index in [9.17, 15) is 4.79 Å². The van der Waals surface area contributed by atoms with E-state index in [1.165, 1.54) is 33.4 Å². The highest BCUT2D eigenvalue weighted by Crippen LogP contribution is 2.36. The molecule has 256 valence electrons. The van der Waals surface area contributed by atoms with Crippen LogP contribution in [0.4, 0.5) is 0 Å². The van der Waals surface area contributed by atoms with Gasteiger partial charge < -0.3 is 24.8 Å². The first kappa shape index (κ1) is 34.7. The lowest BCUT2D eigenvalue weighted by atomic mass is 9.85. The minimum absolute atomic E-state index is 0.0753. The first-order chi connectivity index (χ1) is 25.1. The van der Waals surface area contributed by atoms with Gasteiger partial charge in [-0.3, -0.25) is 4.79 Å². The van der Waals surface area contributed by atoms with E-state index in [2.05, 4.69) is 126 Å². The molecule has 51 heavy (non-hydrogen) atoms. The normalized spacial score (nSPS) is 10.6. The molecule has 0 bridgehead atoms. The van der Waals surface area contributed by atoms with Crippen molar-refractivity contribution in [3.05, 3.63) is 197 Å². The van der Waals surface area contributed by atoms with Crippen LogP contribution in [0.25, 0.3) is 11.1 Å². The predicted molar refractivity (Wildman–Crippen MR) is 205 cm³/mol. The zero-order valence-electron chi connectivity index (χ0n) is 29.0. The number of carbonyl (C=O) groups is 1. The first-order valence-electron chi connectivity index (χ1n) is 17.0. The van der Waals surface area contributed by atoms with E-state index >= 15 is 0 Å². The third-order valence-electron chi connectivity index (χ3n) is 8.53. The van der Waals surface area contributed by atoms with Crippen LogP contribution in [0.5, 0.6) is 17.2 Å². The largest absolute Gasteiger partial charge is 0.497 e. The van der Waals surface area contributed by atoms with Crippen LogP contribution in [0.1, 0.15) is 38.9 Å². The molecule has 6 aromatic carbocycles. The minimum Gasteiger partial charge on any atom is -0.497 e. The van der Waals surface area contributed by atoms with Crippen molar-refractivity contribution in [1.29, 1.82) is 0 Å². The lowest BCUT2D eigenvalue weighted by Gasteiger charge is -2.18. The van der Waals surface area contributed by atoms with E-state index in [0.29, 0.717) is 30.3 Å². The van der Waals surface area contributed by atoms with Gasteiger partial charge in [-0.25, -0.2) is 0 Å². The molecule has 0 aliphatic carbocycles. The van der Waals surface area contributed by atoms with Crippen molar-refractivity contribution in [3.63, 3.8) is 0 Å². The van der Waals surface area contributed by atoms with Crippen LogP contribution in [0, 0.1) is 0 Å². The smallest absolute Gasteiger partial charge is 0.258 e. The molecule has 0 saturated heterocycles. The second kappa shape index (κ2) is 17.5. The minimum atomic E-state index is -0.212. The Labute approximate surface area is 300 Å². The summed E-state index contributed by atoms with van der Waals surface area (Å²) < 4.78 is 16.3. The van der Waals surface area contributed by atoms with E-state index in [0.717, 1.165) is 23.2 Å². The summed E-state index contributed by atoms with van der Waals surface area (Å²) in [5.74, 6) is 1.77. The molecule has 1 amide bonds. The molecule has 6 aromatic rings. The molecular weight excluding hydrogens is 633 g/mol. The number of amides is 1. The van der Waals surface area contributed by atoms with Crippen molar-refractivity contribution in [3.8, 4) is 17.2 Å². The van der Waals surface area contributed by atoms with Crippen molar-refractivity contribution in [1.82, 2.24) is 10.6 Å². The maximum absolute atomic E-state index is 12.4. The molecule has 2 N–H and O–H groups in total. The molecule has 0 aromatic heterocycles. The molecule has 0 aliphatic heterocycles. The Kier molecular flexibility index (Phi) is 11.9. The fourth-order valence-electron chi connectivity index (χ4n) is 5.94. The number of rotatable bonds is 15. The Morgan fingerprint density at radius 2 is 0.902 bits per heavy atom. The second-order valence-corrected chi connectivity index (χ2v) is 12.1. The number of carbonyl (C=O) groups excluding carboxylic acids is 1. The molecule has 0 spiro atoms. The van der Waals surface area contributed by atoms with E-state index in [1.54, 1.807) is 20.3 Å². The van der Waals surface area contributed by atoms with E-state index < -0.39 is 0 Å². The molecule has 6 rings (SSSR count). The zero-order valence-corrected chi connectivity index (χ0v) is 29.0. The Morgan fingerprint density at radius 1 is 0.471 bits per heavy atom. The van der Waals surface area contributed by atoms with Gasteiger partial charge in [-0.2, -0.15) is 0 Å². The fraction of sp³-hybridized carbons (Fsp3) is 0.133. The number of hydrogen-bond acceptors (Lipinski definition) is 5. The Hall–Kier alpha value is -6.11. The highest BCUT2D eigenvalue weighted by atomic mass is 16.5. The molecule has 0 radical (unpaired) electrons. The Bertz CT molecular complexity index is 1960. The number of hydrogen-bond donors (Lipinski definition) is 2. The van der Waals surface area contributed by atoms with Crippen LogP contribution in [0.2, 0.25) is 0 Å². The maximum Gasteiger partial charge on any atom is 0.258 e. The van der Waals surface area contributed by atoms with Crippen molar-refractivity contribution in [2.75, 3.05) is 20.8 Å². The summed E-state index contributed by atoms with van der Waals surface area (Å²) in [4.78, 5) is 12.4. The van der Waals surface area contributed by atoms with Crippen LogP contribution >= 0.6 is 0 Å². The molecule has 0 saturated carbocycles. The van der Waals surface area contributed by atoms with Crippen LogP contribution < -0.4 is 24.8 Å². The highest BCUT2D eigenvalue weighted by molar-refractivity contribution is 6.04. The summed E-state index contributed by atoms with van der Waals surface area (Å²) in [6.45, 7) is 1.70. The van der Waals surface area contributed by atoms with Crippen LogP contribution in [-0.4, -0.2) is 26.7 Å². The summed E-state index contributed by atoms with van der Waals surface area (Å²) in [5, 5.41) is 6.43. The monoisotopic (exact) mass is 674 g/mol. The maximum atomic E-state index is 12.4. The van der Waals surface area contributed by atoms with Gasteiger partial charge in [0.1, 0.15) is 17.2 Å². The molecule has 6 nitrogen and oxygen atoms in total. The van der Waals surface area contributed by atoms with Gasteiger partial charge in [0.2, 0.25) is 0 Å². The van der Waals surface area contributed by atoms with Gasteiger partial charge >= 0.3 is 0 Å². The van der Waals surface area contributed by atoms with Gasteiger partial charge in [-0.05, 0) is 74.4 Å². The molecule has 0 aliphatic rings. The fourth-order valence-corrected chi connectivity index (χ4v) is 5.94. The SMILES string of the molecule is COc1cc(CNC(=O)COc2ccc(CNCc3ccc(C(=C(c4ccccc4)c4ccccc4)c4ccccc4)cc3)cc2)cc(OC)c1. The number of ether oxygens (including phenoxy) is 3. The molecule has 0 atom stereocenters. The zero-order chi connectivity index (χ0) is 35.3. The molecular formula is C45H42N2O4. The predicted octanol–water partition coefficient (Wildman–Crippen LogP) is 8.70. The Morgan fingerprint density at radius 3 is 1.35 bits per heavy atom. The van der Waals surface area contributed by atoms with E-state index in [1.807, 2.05) is 36.4 Å². The quantitative estimate of drug-likeness (QED) is 0.107. The van der Waals surface area contributed by atoms with Gasteiger partial charge in [0.05, 0.1) is 14.2 Å². The highest BCUT2D eigenvalue weighted by Gasteiger charge is 2.16. The topological polar surface area (TPSA) is 68.8 Å². The van der Waals surface area contributed by atoms with E-state index in [4.69, 9.17) is 14.2 Å². The summed E-state index contributed by atoms with van der Waals surface area (Å²) in [6.07, 6.45) is 0. The first-order valence-corrected chi connectivity index (χ1v) is 17.0. The lowest BCUT2D eigenvalue weighted by Crippen LogP contribution is -2.28. The molecule has 6 heteroatoms. The average molecular weight is 675 g/mol. The number of benzene rings is 6. The second-order valence-electron chi connectivity index (χ2n) is 12.1. The van der Waals surface area contributed by atoms with Gasteiger partial charge in [0.25, 0.3) is 5.91 Å². The van der Waals surface area contributed by atoms with Crippen molar-refractivity contribution < 1.29 is 19.0 Å². The van der Waals surface area contributed by atoms with Gasteiger partial charge in [0, 0.05) is 25.7 Å².